The maximum Gasteiger partial charge on any atom is 0.277 e. The van der Waals surface area contributed by atoms with Gasteiger partial charge in [-0.05, 0) is 44.0 Å². The van der Waals surface area contributed by atoms with Crippen molar-refractivity contribution in [3.8, 4) is 0 Å². The average Bonchev–Trinajstić information content (AvgIpc) is 2.68. The Bertz CT molecular complexity index is 925. The van der Waals surface area contributed by atoms with Gasteiger partial charge in [0.05, 0.1) is 0 Å². The molecule has 2 aromatic carbocycles. The molecule has 0 aliphatic carbocycles. The van der Waals surface area contributed by atoms with Gasteiger partial charge < -0.3 is 10.2 Å². The molecule has 0 saturated carbocycles. The molecule has 0 spiro atoms. The zero-order valence-corrected chi connectivity index (χ0v) is 15.9. The summed E-state index contributed by atoms with van der Waals surface area (Å²) in [4.78, 5) is 23.5. The molecule has 0 radical (unpaired) electrons. The fourth-order valence-electron chi connectivity index (χ4n) is 2.95. The average molecular weight is 360 g/mol. The zero-order valence-electron chi connectivity index (χ0n) is 15.9. The Kier molecular flexibility index (Phi) is 5.81. The predicted molar refractivity (Wildman–Crippen MR) is 109 cm³/mol. The SMILES string of the molecule is CCN(C(=O)c1cc(NCc2ccccc2C)nc(C)n1)c1ccccc1. The van der Waals surface area contributed by atoms with Gasteiger partial charge in [-0.2, -0.15) is 0 Å². The van der Waals surface area contributed by atoms with Gasteiger partial charge in [0.15, 0.2) is 0 Å². The molecule has 27 heavy (non-hydrogen) atoms. The van der Waals surface area contributed by atoms with Crippen molar-refractivity contribution in [2.24, 2.45) is 0 Å². The van der Waals surface area contributed by atoms with E-state index in [0.717, 1.165) is 5.69 Å². The van der Waals surface area contributed by atoms with Gasteiger partial charge in [-0.15, -0.1) is 0 Å². The Hall–Kier alpha value is -3.21. The minimum absolute atomic E-state index is 0.131. The summed E-state index contributed by atoms with van der Waals surface area (Å²) in [7, 11) is 0. The number of aromatic nitrogens is 2. The molecular weight excluding hydrogens is 336 g/mol. The fraction of sp³-hybridized carbons (Fsp3) is 0.227. The van der Waals surface area contributed by atoms with Crippen LogP contribution in [0.25, 0.3) is 0 Å². The van der Waals surface area contributed by atoms with E-state index in [1.165, 1.54) is 11.1 Å². The number of nitrogens with one attached hydrogen (secondary N) is 1. The van der Waals surface area contributed by atoms with Gasteiger partial charge in [0.2, 0.25) is 0 Å². The van der Waals surface area contributed by atoms with Crippen molar-refractivity contribution in [2.45, 2.75) is 27.3 Å². The van der Waals surface area contributed by atoms with E-state index in [1.54, 1.807) is 17.9 Å². The highest BCUT2D eigenvalue weighted by atomic mass is 16.2. The largest absolute Gasteiger partial charge is 0.366 e. The number of rotatable bonds is 6. The van der Waals surface area contributed by atoms with E-state index in [4.69, 9.17) is 0 Å². The third kappa shape index (κ3) is 4.50. The lowest BCUT2D eigenvalue weighted by Crippen LogP contribution is -2.31. The van der Waals surface area contributed by atoms with Gasteiger partial charge in [-0.3, -0.25) is 4.79 Å². The van der Waals surface area contributed by atoms with Gasteiger partial charge in [0, 0.05) is 24.8 Å². The Labute approximate surface area is 160 Å². The maximum atomic E-state index is 13.0. The standard InChI is InChI=1S/C22H24N4O/c1-4-26(19-12-6-5-7-13-19)22(27)20-14-21(25-17(3)24-20)23-15-18-11-9-8-10-16(18)2/h5-14H,4,15H2,1-3H3,(H,23,24,25). The van der Waals surface area contributed by atoms with Crippen LogP contribution in [-0.2, 0) is 6.54 Å². The Balaban J connectivity index is 1.82. The van der Waals surface area contributed by atoms with Crippen molar-refractivity contribution in [3.63, 3.8) is 0 Å². The minimum atomic E-state index is -0.131. The molecule has 5 heteroatoms. The van der Waals surface area contributed by atoms with Crippen LogP contribution in [0, 0.1) is 13.8 Å². The van der Waals surface area contributed by atoms with Crippen molar-refractivity contribution in [2.75, 3.05) is 16.8 Å². The van der Waals surface area contributed by atoms with Crippen molar-refractivity contribution < 1.29 is 4.79 Å². The van der Waals surface area contributed by atoms with E-state index in [0.29, 0.717) is 30.4 Å². The first-order valence-electron chi connectivity index (χ1n) is 9.09. The molecule has 3 rings (SSSR count). The number of carbonyl (C=O) groups excluding carboxylic acids is 1. The van der Waals surface area contributed by atoms with Crippen LogP contribution in [0.2, 0.25) is 0 Å². The molecule has 0 saturated heterocycles. The van der Waals surface area contributed by atoms with E-state index in [9.17, 15) is 4.79 Å². The highest BCUT2D eigenvalue weighted by Gasteiger charge is 2.18. The molecule has 0 atom stereocenters. The molecule has 1 heterocycles. The number of amides is 1. The van der Waals surface area contributed by atoms with Crippen LogP contribution in [0.3, 0.4) is 0 Å². The zero-order chi connectivity index (χ0) is 19.2. The van der Waals surface area contributed by atoms with E-state index < -0.39 is 0 Å². The summed E-state index contributed by atoms with van der Waals surface area (Å²) in [6.07, 6.45) is 0. The van der Waals surface area contributed by atoms with Crippen molar-refractivity contribution in [3.05, 3.63) is 83.3 Å². The second-order valence-electron chi connectivity index (χ2n) is 6.35. The highest BCUT2D eigenvalue weighted by molar-refractivity contribution is 6.05. The molecule has 0 fully saturated rings. The summed E-state index contributed by atoms with van der Waals surface area (Å²) in [5, 5.41) is 3.31. The van der Waals surface area contributed by atoms with Gasteiger partial charge in [-0.1, -0.05) is 42.5 Å². The van der Waals surface area contributed by atoms with Gasteiger partial charge in [0.1, 0.15) is 17.3 Å². The molecule has 0 aliphatic rings. The van der Waals surface area contributed by atoms with Gasteiger partial charge in [-0.25, -0.2) is 9.97 Å². The Morgan fingerprint density at radius 3 is 2.41 bits per heavy atom. The molecule has 5 nitrogen and oxygen atoms in total. The van der Waals surface area contributed by atoms with Crippen molar-refractivity contribution in [1.29, 1.82) is 0 Å². The lowest BCUT2D eigenvalue weighted by atomic mass is 10.1. The molecule has 0 unspecified atom stereocenters. The number of hydrogen-bond acceptors (Lipinski definition) is 4. The summed E-state index contributed by atoms with van der Waals surface area (Å²) in [5.41, 5.74) is 3.66. The quantitative estimate of drug-likeness (QED) is 0.709. The lowest BCUT2D eigenvalue weighted by Gasteiger charge is -2.21. The molecule has 138 valence electrons. The summed E-state index contributed by atoms with van der Waals surface area (Å²) in [6.45, 7) is 7.05. The summed E-state index contributed by atoms with van der Waals surface area (Å²) in [6, 6.07) is 19.5. The number of aryl methyl sites for hydroxylation is 2. The summed E-state index contributed by atoms with van der Waals surface area (Å²) >= 11 is 0. The molecule has 1 N–H and O–H groups in total. The predicted octanol–water partition coefficient (Wildman–Crippen LogP) is 4.37. The van der Waals surface area contributed by atoms with Gasteiger partial charge in [0.25, 0.3) is 5.91 Å². The summed E-state index contributed by atoms with van der Waals surface area (Å²) in [5.74, 6) is 1.09. The molecule has 0 bridgehead atoms. The van der Waals surface area contributed by atoms with Crippen LogP contribution >= 0.6 is 0 Å². The molecular formula is C22H24N4O. The van der Waals surface area contributed by atoms with E-state index in [-0.39, 0.29) is 5.91 Å². The van der Waals surface area contributed by atoms with Crippen LogP contribution < -0.4 is 10.2 Å². The smallest absolute Gasteiger partial charge is 0.277 e. The van der Waals surface area contributed by atoms with Crippen LogP contribution in [0.15, 0.2) is 60.7 Å². The third-order valence-electron chi connectivity index (χ3n) is 4.41. The number of nitrogens with zero attached hydrogens (tertiary/aromatic N) is 3. The first kappa shape index (κ1) is 18.6. The second-order valence-corrected chi connectivity index (χ2v) is 6.35. The number of hydrogen-bond donors (Lipinski definition) is 1. The number of carbonyl (C=O) groups is 1. The Morgan fingerprint density at radius 2 is 1.70 bits per heavy atom. The molecule has 1 amide bonds. The number of benzene rings is 2. The summed E-state index contributed by atoms with van der Waals surface area (Å²) < 4.78 is 0. The monoisotopic (exact) mass is 360 g/mol. The topological polar surface area (TPSA) is 58.1 Å². The van der Waals surface area contributed by atoms with Crippen LogP contribution in [0.4, 0.5) is 11.5 Å². The van der Waals surface area contributed by atoms with E-state index in [1.807, 2.05) is 49.4 Å². The fourth-order valence-corrected chi connectivity index (χ4v) is 2.95. The second kappa shape index (κ2) is 8.45. The van der Waals surface area contributed by atoms with E-state index in [2.05, 4.69) is 34.3 Å². The van der Waals surface area contributed by atoms with Crippen molar-refractivity contribution in [1.82, 2.24) is 9.97 Å². The van der Waals surface area contributed by atoms with Crippen LogP contribution in [0.5, 0.6) is 0 Å². The number of para-hydroxylation sites is 1. The molecule has 3 aromatic rings. The van der Waals surface area contributed by atoms with E-state index >= 15 is 0 Å². The lowest BCUT2D eigenvalue weighted by molar-refractivity contribution is 0.0983. The highest BCUT2D eigenvalue weighted by Crippen LogP contribution is 2.18. The molecule has 0 aliphatic heterocycles. The van der Waals surface area contributed by atoms with Crippen molar-refractivity contribution >= 4 is 17.4 Å². The molecule has 1 aromatic heterocycles. The third-order valence-corrected chi connectivity index (χ3v) is 4.41. The minimum Gasteiger partial charge on any atom is -0.366 e. The number of anilines is 2. The van der Waals surface area contributed by atoms with Crippen LogP contribution in [0.1, 0.15) is 34.4 Å². The normalized spacial score (nSPS) is 10.5. The maximum absolute atomic E-state index is 13.0. The Morgan fingerprint density at radius 1 is 1.00 bits per heavy atom. The first-order chi connectivity index (χ1) is 13.1. The van der Waals surface area contributed by atoms with Crippen LogP contribution in [-0.4, -0.2) is 22.4 Å². The van der Waals surface area contributed by atoms with Gasteiger partial charge >= 0.3 is 0 Å². The first-order valence-corrected chi connectivity index (χ1v) is 9.09.